The summed E-state index contributed by atoms with van der Waals surface area (Å²) >= 11 is 0. The molecule has 55 heteroatoms. The highest BCUT2D eigenvalue weighted by Gasteiger charge is 2.63. The van der Waals surface area contributed by atoms with Crippen molar-refractivity contribution >= 4 is 17.7 Å². The van der Waals surface area contributed by atoms with E-state index in [2.05, 4.69) is 16.0 Å². The Bertz CT molecular complexity index is 3690. The van der Waals surface area contributed by atoms with Gasteiger partial charge in [-0.3, -0.25) is 14.4 Å². The predicted octanol–water partition coefficient (Wildman–Crippen LogP) is -17.5. The Kier molecular flexibility index (Phi) is 36.9. The van der Waals surface area contributed by atoms with Crippen LogP contribution in [-0.4, -0.2) is 539 Å². The van der Waals surface area contributed by atoms with Crippen molar-refractivity contribution in [2.24, 2.45) is 0 Å². The molecule has 0 aliphatic carbocycles. The van der Waals surface area contributed by atoms with Crippen molar-refractivity contribution in [1.29, 1.82) is 0 Å². The molecule has 770 valence electrons. The van der Waals surface area contributed by atoms with E-state index in [0.717, 1.165) is 20.8 Å². The fourth-order valence-electron chi connectivity index (χ4n) is 18.0. The van der Waals surface area contributed by atoms with Crippen molar-refractivity contribution in [2.75, 3.05) is 19.8 Å². The van der Waals surface area contributed by atoms with Crippen LogP contribution in [0.5, 0.6) is 0 Å². The van der Waals surface area contributed by atoms with Crippen LogP contribution in [0.4, 0.5) is 0 Å². The third kappa shape index (κ3) is 23.1. The SMILES string of the molecule is CC(=O)N[C@H]1[C@H](O[C@H]2[C@H](O[C@H]3[C@H](O[C@@H]4[C@@H](O)[C@H](C)O[C@@H](O[C@H]5[C@H](O)[C@@H](CO)O[C@@H](O[C@H]6[C@H](O[C@H]7[C@H](O[C@@H]8[C@@H](O)[C@H](C)O[C@@H](O[C@H]9[C@H](O)[C@@H](CO)O[C@@H](O[C@H]%10[C@H](O[C@@H]%11[C@H](O)[C@@H](O)[C@H](C)O[C@@H]%11O)O[C@@H](C)[C@H](O)[C@H]%10O)[C@@H]9NC(C)=O)[C@@H]8O)O[C@@H](C)[C@H](O)[C@H]7O)O[C@@H](C)[C@H](O)[C@H]6O)[C@@H]5NC(C)=O)[C@@H]4O)O[C@@H](C)[C@H](O)[C@H]3O)O[C@@H](C)[C@H](O)[C@H]2O)O[C@H](CO)[C@@H](O)[C@@H]1O[C@@H]1O[C@@H](C)[C@H](O)[C@@H](O)[C@H]1O. The zero-order chi connectivity index (χ0) is 97.9. The molecule has 55 nitrogen and oxygen atoms in total. The van der Waals surface area contributed by atoms with Gasteiger partial charge in [-0.05, 0) is 62.3 Å². The Morgan fingerprint density at radius 1 is 0.195 bits per heavy atom. The Morgan fingerprint density at radius 3 is 0.632 bits per heavy atom. The summed E-state index contributed by atoms with van der Waals surface area (Å²) in [6.45, 7) is 11.2. The molecule has 12 rings (SSSR count). The van der Waals surface area contributed by atoms with Crippen LogP contribution < -0.4 is 16.0 Å². The summed E-state index contributed by atoms with van der Waals surface area (Å²) < 4.78 is 139. The lowest BCUT2D eigenvalue weighted by molar-refractivity contribution is -0.406. The van der Waals surface area contributed by atoms with Gasteiger partial charge in [0.15, 0.2) is 75.5 Å². The summed E-state index contributed by atoms with van der Waals surface area (Å²) in [5.41, 5.74) is 0. The number of amides is 3. The number of hydrogen-bond donors (Lipinski definition) is 29. The van der Waals surface area contributed by atoms with E-state index in [1.165, 1.54) is 62.3 Å². The van der Waals surface area contributed by atoms with Gasteiger partial charge in [0.1, 0.15) is 238 Å². The smallest absolute Gasteiger partial charge is 0.217 e. The third-order valence-corrected chi connectivity index (χ3v) is 26.0. The summed E-state index contributed by atoms with van der Waals surface area (Å²) in [7, 11) is 0. The first-order chi connectivity index (χ1) is 62.5. The third-order valence-electron chi connectivity index (χ3n) is 26.0. The minimum Gasteiger partial charge on any atom is -0.394 e. The van der Waals surface area contributed by atoms with E-state index in [1.807, 2.05) is 0 Å². The molecule has 12 saturated heterocycles. The second kappa shape index (κ2) is 45.4. The number of nitrogens with one attached hydrogen (secondary N) is 3. The molecule has 0 unspecified atom stereocenters. The summed E-state index contributed by atoms with van der Waals surface area (Å²) in [5.74, 6) is -2.69. The van der Waals surface area contributed by atoms with Crippen LogP contribution in [0.3, 0.4) is 0 Å². The van der Waals surface area contributed by atoms with Crippen LogP contribution in [0.1, 0.15) is 83.1 Å². The van der Waals surface area contributed by atoms with Gasteiger partial charge in [-0.25, -0.2) is 0 Å². The van der Waals surface area contributed by atoms with Crippen LogP contribution in [0.2, 0.25) is 0 Å². The fraction of sp³-hybridized carbons (Fsp3) is 0.962. The molecule has 0 saturated carbocycles. The second-order valence-corrected chi connectivity index (χ2v) is 35.7. The summed E-state index contributed by atoms with van der Waals surface area (Å²) in [6.07, 6.45) is -108. The van der Waals surface area contributed by atoms with E-state index in [-0.39, 0.29) is 0 Å². The minimum absolute atomic E-state index is 0.851. The maximum atomic E-state index is 13.5. The number of rotatable bonds is 28. The molecule has 0 bridgehead atoms. The van der Waals surface area contributed by atoms with Crippen molar-refractivity contribution in [1.82, 2.24) is 16.0 Å². The monoisotopic (exact) mass is 1940 g/mol. The van der Waals surface area contributed by atoms with Gasteiger partial charge in [0.25, 0.3) is 0 Å². The highest BCUT2D eigenvalue weighted by atomic mass is 16.8. The molecular weight excluding hydrogens is 1810 g/mol. The van der Waals surface area contributed by atoms with E-state index in [4.69, 9.17) is 109 Å². The standard InChI is InChI=1S/C78H131N3O52/c1-16-35(89)47(101)61(67(110)111-16)128-76-62(48(102)36(90)20(5)117-76)129-69-32(80-26(11)86)57(44(98)29(14-83)121-69)124-72-54(108)59(41(95)23(8)113-72)126-75-66(52(106)40(94)19(4)116-75)133-78-64(50(104)38(92)22(7)119-78)131-70-33(81-27(12)87)58(45(99)30(15-84)122-70)125-73-55(109)60(42(96)24(9)114-73)127-74-65(51(105)39(93)18(3)115-74)132-77-63(49(103)37(91)21(6)118-77)130-68-31(79-25(10)85)56(43(97)28(13-82)120-68)123-71-53(107)46(100)34(88)17(2)112-71/h16-24,28-78,82-84,88-110H,13-15H2,1-12H3,(H,79,85)(H,80,86)(H,81,87)/t16-,17-,18-,19-,20-,21-,22-,23-,24-,28+,29+,30+,31+,32+,33+,34-,35-,36-,37-,38-,39-,40-,41-,42-,43+,44+,45+,46+,47+,48+,49+,50+,51+,52+,53+,54+,55+,56+,57+,58+,59+,60+,61+,62+,63+,64+,65+,66+,67-,68-,69-,70-,71-,72-,73-,74-,75-,76-,77-,78-/m0/s1. The zero-order valence-corrected chi connectivity index (χ0v) is 74.0. The quantitative estimate of drug-likeness (QED) is 0.0346. The molecule has 0 aromatic carbocycles. The van der Waals surface area contributed by atoms with Gasteiger partial charge in [-0.1, -0.05) is 0 Å². The molecular formula is C78H131N3O52. The average Bonchev–Trinajstić information content (AvgIpc) is 0.753. The van der Waals surface area contributed by atoms with Crippen LogP contribution in [0.25, 0.3) is 0 Å². The Labute approximate surface area is 758 Å². The van der Waals surface area contributed by atoms with E-state index in [9.17, 15) is 147 Å². The lowest BCUT2D eigenvalue weighted by atomic mass is 9.94. The van der Waals surface area contributed by atoms with Gasteiger partial charge in [0.05, 0.1) is 74.8 Å². The molecule has 0 radical (unpaired) electrons. The van der Waals surface area contributed by atoms with E-state index in [1.54, 1.807) is 0 Å². The van der Waals surface area contributed by atoms with Gasteiger partial charge in [-0.15, -0.1) is 0 Å². The molecule has 0 spiro atoms. The molecule has 29 N–H and O–H groups in total. The van der Waals surface area contributed by atoms with Crippen molar-refractivity contribution in [3.63, 3.8) is 0 Å². The second-order valence-electron chi connectivity index (χ2n) is 35.7. The first-order valence-electron chi connectivity index (χ1n) is 43.9. The van der Waals surface area contributed by atoms with Crippen molar-refractivity contribution in [3.8, 4) is 0 Å². The highest BCUT2D eigenvalue weighted by Crippen LogP contribution is 2.43. The summed E-state index contributed by atoms with van der Waals surface area (Å²) in [6, 6.07) is -5.53. The maximum Gasteiger partial charge on any atom is 0.217 e. The van der Waals surface area contributed by atoms with E-state index >= 15 is 0 Å². The summed E-state index contributed by atoms with van der Waals surface area (Å²) in [5, 5.41) is 305. The Morgan fingerprint density at radius 2 is 0.383 bits per heavy atom. The number of aliphatic hydroxyl groups excluding tert-OH is 26. The topological polar surface area (TPSA) is 826 Å². The van der Waals surface area contributed by atoms with Gasteiger partial charge in [0.2, 0.25) is 17.7 Å². The van der Waals surface area contributed by atoms with Crippen LogP contribution >= 0.6 is 0 Å². The van der Waals surface area contributed by atoms with Crippen LogP contribution in [-0.2, 0) is 123 Å². The fourth-order valence-corrected chi connectivity index (χ4v) is 18.0. The number of carbonyl (C=O) groups excluding carboxylic acids is 3. The average molecular weight is 1940 g/mol. The zero-order valence-electron chi connectivity index (χ0n) is 74.0. The van der Waals surface area contributed by atoms with E-state index in [0.29, 0.717) is 0 Å². The van der Waals surface area contributed by atoms with Crippen molar-refractivity contribution in [2.45, 2.75) is 451 Å². The minimum atomic E-state index is -2.33. The molecule has 0 aromatic heterocycles. The van der Waals surface area contributed by atoms with Crippen molar-refractivity contribution < 1.29 is 256 Å². The van der Waals surface area contributed by atoms with E-state index < -0.39 is 406 Å². The predicted molar refractivity (Wildman–Crippen MR) is 417 cm³/mol. The first-order valence-corrected chi connectivity index (χ1v) is 43.9. The lowest BCUT2D eigenvalue weighted by Gasteiger charge is -2.51. The lowest BCUT2D eigenvalue weighted by Crippen LogP contribution is -2.70. The normalized spacial score (nSPS) is 53.6. The molecule has 12 fully saturated rings. The molecule has 60 atom stereocenters. The van der Waals surface area contributed by atoms with Gasteiger partial charge < -0.3 is 258 Å². The maximum absolute atomic E-state index is 13.5. The number of carbonyl (C=O) groups is 3. The largest absolute Gasteiger partial charge is 0.394 e. The number of aliphatic hydroxyl groups is 26. The Balaban J connectivity index is 0.771. The highest BCUT2D eigenvalue weighted by molar-refractivity contribution is 5.74. The first kappa shape index (κ1) is 108. The van der Waals surface area contributed by atoms with Gasteiger partial charge in [0, 0.05) is 20.8 Å². The molecule has 12 aliphatic heterocycles. The van der Waals surface area contributed by atoms with Crippen LogP contribution in [0, 0.1) is 0 Å². The van der Waals surface area contributed by atoms with Crippen LogP contribution in [0.15, 0.2) is 0 Å². The molecule has 12 heterocycles. The molecule has 0 aromatic rings. The van der Waals surface area contributed by atoms with Gasteiger partial charge >= 0.3 is 0 Å². The number of ether oxygens (including phenoxy) is 23. The summed E-state index contributed by atoms with van der Waals surface area (Å²) in [4.78, 5) is 39.6. The molecule has 133 heavy (non-hydrogen) atoms. The van der Waals surface area contributed by atoms with Crippen molar-refractivity contribution in [3.05, 3.63) is 0 Å². The molecule has 12 aliphatic rings. The molecule has 3 amide bonds. The Hall–Kier alpha value is -3.55. The number of hydrogen-bond acceptors (Lipinski definition) is 52. The van der Waals surface area contributed by atoms with Gasteiger partial charge in [-0.2, -0.15) is 0 Å².